The summed E-state index contributed by atoms with van der Waals surface area (Å²) in [5.41, 5.74) is 0.300. The van der Waals surface area contributed by atoms with Gasteiger partial charge in [-0.2, -0.15) is 0 Å². The number of ether oxygens (including phenoxy) is 1. The monoisotopic (exact) mass is 414 g/mol. The molecular weight excluding hydrogens is 391 g/mol. The van der Waals surface area contributed by atoms with Crippen molar-refractivity contribution in [2.75, 3.05) is 13.1 Å². The van der Waals surface area contributed by atoms with Crippen LogP contribution in [-0.2, 0) is 16.1 Å². The Labute approximate surface area is 156 Å². The predicted molar refractivity (Wildman–Crippen MR) is 96.5 cm³/mol. The van der Waals surface area contributed by atoms with Crippen LogP contribution in [0.25, 0.3) is 0 Å². The van der Waals surface area contributed by atoms with Crippen LogP contribution >= 0.6 is 15.9 Å². The number of likely N-dealkylation sites (tertiary alicyclic amines) is 1. The van der Waals surface area contributed by atoms with Crippen LogP contribution in [0, 0.1) is 11.7 Å². The maximum Gasteiger partial charge on any atom is 0.410 e. The van der Waals surface area contributed by atoms with Gasteiger partial charge in [0.15, 0.2) is 0 Å². The van der Waals surface area contributed by atoms with E-state index in [1.807, 2.05) is 20.8 Å². The molecule has 0 unspecified atom stereocenters. The quantitative estimate of drug-likeness (QED) is 0.816. The minimum absolute atomic E-state index is 0.0416. The molecule has 1 heterocycles. The van der Waals surface area contributed by atoms with E-state index >= 15 is 0 Å². The number of piperidine rings is 1. The summed E-state index contributed by atoms with van der Waals surface area (Å²) in [5, 5.41) is 2.89. The average Bonchev–Trinajstić information content (AvgIpc) is 2.52. The van der Waals surface area contributed by atoms with Crippen LogP contribution in [0.3, 0.4) is 0 Å². The van der Waals surface area contributed by atoms with Gasteiger partial charge in [0.1, 0.15) is 11.4 Å². The normalized spacial score (nSPS) is 15.8. The summed E-state index contributed by atoms with van der Waals surface area (Å²) in [6, 6.07) is 4.39. The van der Waals surface area contributed by atoms with E-state index in [-0.39, 0.29) is 23.7 Å². The Bertz CT molecular complexity index is 638. The smallest absolute Gasteiger partial charge is 0.410 e. The van der Waals surface area contributed by atoms with Gasteiger partial charge in [-0.1, -0.05) is 22.0 Å². The molecular formula is C18H24BrFN2O3. The number of benzene rings is 1. The van der Waals surface area contributed by atoms with Crippen molar-refractivity contribution in [3.63, 3.8) is 0 Å². The molecule has 1 aromatic rings. The van der Waals surface area contributed by atoms with Gasteiger partial charge in [0.05, 0.1) is 0 Å². The maximum atomic E-state index is 13.1. The first-order valence-electron chi connectivity index (χ1n) is 8.35. The molecule has 138 valence electrons. The molecule has 1 fully saturated rings. The molecule has 1 aromatic carbocycles. The first-order valence-corrected chi connectivity index (χ1v) is 9.14. The molecule has 5 nitrogen and oxygen atoms in total. The average molecular weight is 415 g/mol. The van der Waals surface area contributed by atoms with Crippen molar-refractivity contribution < 1.29 is 18.7 Å². The van der Waals surface area contributed by atoms with Crippen molar-refractivity contribution in [3.05, 3.63) is 34.1 Å². The largest absolute Gasteiger partial charge is 0.444 e. The lowest BCUT2D eigenvalue weighted by atomic mass is 9.96. The Balaban J connectivity index is 1.80. The van der Waals surface area contributed by atoms with Gasteiger partial charge in [-0.05, 0) is 51.3 Å². The second-order valence-electron chi connectivity index (χ2n) is 7.20. The molecule has 0 aliphatic carbocycles. The second-order valence-corrected chi connectivity index (χ2v) is 8.05. The molecule has 25 heavy (non-hydrogen) atoms. The van der Waals surface area contributed by atoms with Crippen LogP contribution in [0.2, 0.25) is 0 Å². The Hall–Kier alpha value is -1.63. The highest BCUT2D eigenvalue weighted by molar-refractivity contribution is 9.10. The van der Waals surface area contributed by atoms with E-state index in [4.69, 9.17) is 4.74 Å². The number of hydrogen-bond donors (Lipinski definition) is 1. The Kier molecular flexibility index (Phi) is 6.43. The first-order chi connectivity index (χ1) is 11.7. The summed E-state index contributed by atoms with van der Waals surface area (Å²) < 4.78 is 19.1. The zero-order valence-electron chi connectivity index (χ0n) is 14.8. The van der Waals surface area contributed by atoms with E-state index in [0.717, 1.165) is 5.56 Å². The van der Waals surface area contributed by atoms with Crippen LogP contribution in [0.1, 0.15) is 39.2 Å². The summed E-state index contributed by atoms with van der Waals surface area (Å²) in [7, 11) is 0. The minimum atomic E-state index is -0.520. The van der Waals surface area contributed by atoms with Gasteiger partial charge in [0.25, 0.3) is 0 Å². The molecule has 2 rings (SSSR count). The van der Waals surface area contributed by atoms with Crippen molar-refractivity contribution in [1.82, 2.24) is 10.2 Å². The molecule has 0 saturated carbocycles. The molecule has 1 aliphatic rings. The molecule has 0 bridgehead atoms. The van der Waals surface area contributed by atoms with Gasteiger partial charge >= 0.3 is 6.09 Å². The summed E-state index contributed by atoms with van der Waals surface area (Å²) in [6.07, 6.45) is 0.882. The van der Waals surface area contributed by atoms with E-state index in [1.165, 1.54) is 12.1 Å². The fraction of sp³-hybridized carbons (Fsp3) is 0.556. The Morgan fingerprint density at radius 3 is 2.52 bits per heavy atom. The van der Waals surface area contributed by atoms with Gasteiger partial charge in [0, 0.05) is 30.0 Å². The SMILES string of the molecule is CC(C)(C)OC(=O)N1CCC(C(=O)NCc2ccc(F)cc2Br)CC1. The van der Waals surface area contributed by atoms with E-state index in [2.05, 4.69) is 21.2 Å². The van der Waals surface area contributed by atoms with Crippen LogP contribution in [-0.4, -0.2) is 35.6 Å². The summed E-state index contributed by atoms with van der Waals surface area (Å²) >= 11 is 3.29. The number of amides is 2. The molecule has 7 heteroatoms. The lowest BCUT2D eigenvalue weighted by molar-refractivity contribution is -0.126. The summed E-state index contributed by atoms with van der Waals surface area (Å²) in [4.78, 5) is 26.0. The fourth-order valence-electron chi connectivity index (χ4n) is 2.64. The number of carbonyl (C=O) groups excluding carboxylic acids is 2. The molecule has 0 aromatic heterocycles. The standard InChI is InChI=1S/C18H24BrFN2O3/c1-18(2,3)25-17(24)22-8-6-12(7-9-22)16(23)21-11-13-4-5-14(20)10-15(13)19/h4-5,10,12H,6-9,11H2,1-3H3,(H,21,23). The van der Waals surface area contributed by atoms with Crippen molar-refractivity contribution >= 4 is 27.9 Å². The number of rotatable bonds is 3. The van der Waals surface area contributed by atoms with Gasteiger partial charge in [0.2, 0.25) is 5.91 Å². The molecule has 1 N–H and O–H groups in total. The van der Waals surface area contributed by atoms with Crippen LogP contribution < -0.4 is 5.32 Å². The molecule has 1 aliphatic heterocycles. The maximum absolute atomic E-state index is 13.1. The predicted octanol–water partition coefficient (Wildman–Crippen LogP) is 3.85. The third kappa shape index (κ3) is 5.99. The Morgan fingerprint density at radius 1 is 1.32 bits per heavy atom. The number of hydrogen-bond acceptors (Lipinski definition) is 3. The lowest BCUT2D eigenvalue weighted by Gasteiger charge is -2.32. The first kappa shape index (κ1) is 19.7. The van der Waals surface area contributed by atoms with E-state index in [1.54, 1.807) is 11.0 Å². The van der Waals surface area contributed by atoms with Crippen LogP contribution in [0.5, 0.6) is 0 Å². The number of halogens is 2. The minimum Gasteiger partial charge on any atom is -0.444 e. The molecule has 0 atom stereocenters. The van der Waals surface area contributed by atoms with Crippen molar-refractivity contribution in [3.8, 4) is 0 Å². The van der Waals surface area contributed by atoms with Crippen molar-refractivity contribution in [1.29, 1.82) is 0 Å². The molecule has 0 radical (unpaired) electrons. The summed E-state index contributed by atoms with van der Waals surface area (Å²) in [6.45, 7) is 6.85. The highest BCUT2D eigenvalue weighted by Gasteiger charge is 2.29. The third-order valence-electron chi connectivity index (χ3n) is 3.99. The zero-order valence-corrected chi connectivity index (χ0v) is 16.4. The van der Waals surface area contributed by atoms with Gasteiger partial charge < -0.3 is 15.0 Å². The van der Waals surface area contributed by atoms with Crippen molar-refractivity contribution in [2.24, 2.45) is 5.92 Å². The van der Waals surface area contributed by atoms with E-state index in [9.17, 15) is 14.0 Å². The topological polar surface area (TPSA) is 58.6 Å². The molecule has 0 spiro atoms. The highest BCUT2D eigenvalue weighted by atomic mass is 79.9. The number of nitrogens with zero attached hydrogens (tertiary/aromatic N) is 1. The molecule has 1 saturated heterocycles. The van der Waals surface area contributed by atoms with E-state index < -0.39 is 5.60 Å². The molecule has 2 amide bonds. The highest BCUT2D eigenvalue weighted by Crippen LogP contribution is 2.21. The zero-order chi connectivity index (χ0) is 18.6. The summed E-state index contributed by atoms with van der Waals surface area (Å²) in [5.74, 6) is -0.491. The van der Waals surface area contributed by atoms with Crippen LogP contribution in [0.4, 0.5) is 9.18 Å². The number of carbonyl (C=O) groups is 2. The fourth-order valence-corrected chi connectivity index (χ4v) is 3.13. The second kappa shape index (κ2) is 8.17. The third-order valence-corrected chi connectivity index (χ3v) is 4.72. The van der Waals surface area contributed by atoms with Gasteiger partial charge in [-0.3, -0.25) is 4.79 Å². The van der Waals surface area contributed by atoms with Gasteiger partial charge in [-0.15, -0.1) is 0 Å². The van der Waals surface area contributed by atoms with E-state index in [0.29, 0.717) is 36.9 Å². The van der Waals surface area contributed by atoms with Crippen molar-refractivity contribution in [2.45, 2.75) is 45.8 Å². The van der Waals surface area contributed by atoms with Crippen LogP contribution in [0.15, 0.2) is 22.7 Å². The lowest BCUT2D eigenvalue weighted by Crippen LogP contribution is -2.44. The Morgan fingerprint density at radius 2 is 1.96 bits per heavy atom. The number of nitrogens with one attached hydrogen (secondary N) is 1. The van der Waals surface area contributed by atoms with Gasteiger partial charge in [-0.25, -0.2) is 9.18 Å².